The van der Waals surface area contributed by atoms with Gasteiger partial charge in [-0.15, -0.1) is 0 Å². The fourth-order valence-corrected chi connectivity index (χ4v) is 2.24. The van der Waals surface area contributed by atoms with Gasteiger partial charge in [-0.1, -0.05) is 0 Å². The van der Waals surface area contributed by atoms with E-state index in [4.69, 9.17) is 4.74 Å². The SMILES string of the molecule is COC(=O)C1(NCc2ccc([N+](=O)[O-])cc2F)CCC1. The molecule has 0 atom stereocenters. The van der Waals surface area contributed by atoms with Gasteiger partial charge < -0.3 is 4.74 Å². The Hall–Kier alpha value is -2.02. The summed E-state index contributed by atoms with van der Waals surface area (Å²) in [6.07, 6.45) is 2.20. The fourth-order valence-electron chi connectivity index (χ4n) is 2.24. The smallest absolute Gasteiger partial charge is 0.326 e. The summed E-state index contributed by atoms with van der Waals surface area (Å²) in [7, 11) is 1.32. The molecule has 0 saturated heterocycles. The third-order valence-electron chi connectivity index (χ3n) is 3.65. The number of nitrogens with one attached hydrogen (secondary N) is 1. The van der Waals surface area contributed by atoms with Gasteiger partial charge in [0.05, 0.1) is 18.1 Å². The summed E-state index contributed by atoms with van der Waals surface area (Å²) in [5.41, 5.74) is -0.758. The molecule has 20 heavy (non-hydrogen) atoms. The Morgan fingerprint density at radius 3 is 2.70 bits per heavy atom. The van der Waals surface area contributed by atoms with Gasteiger partial charge >= 0.3 is 5.97 Å². The van der Waals surface area contributed by atoms with E-state index in [0.717, 1.165) is 12.5 Å². The van der Waals surface area contributed by atoms with Crippen LogP contribution in [0.2, 0.25) is 0 Å². The first-order chi connectivity index (χ1) is 9.48. The number of benzene rings is 1. The van der Waals surface area contributed by atoms with Crippen molar-refractivity contribution in [1.82, 2.24) is 5.32 Å². The molecule has 2 rings (SSSR count). The quantitative estimate of drug-likeness (QED) is 0.507. The number of hydrogen-bond acceptors (Lipinski definition) is 5. The minimum absolute atomic E-state index is 0.124. The van der Waals surface area contributed by atoms with Gasteiger partial charge in [0, 0.05) is 18.2 Å². The number of nitro groups is 1. The molecule has 1 aliphatic carbocycles. The maximum absolute atomic E-state index is 13.7. The van der Waals surface area contributed by atoms with Gasteiger partial charge in [0.1, 0.15) is 11.4 Å². The number of esters is 1. The fraction of sp³-hybridized carbons (Fsp3) is 0.462. The highest BCUT2D eigenvalue weighted by Crippen LogP contribution is 2.33. The van der Waals surface area contributed by atoms with Crippen LogP contribution in [-0.2, 0) is 16.1 Å². The average molecular weight is 282 g/mol. The lowest BCUT2D eigenvalue weighted by Gasteiger charge is -2.39. The van der Waals surface area contributed by atoms with E-state index in [2.05, 4.69) is 5.32 Å². The lowest BCUT2D eigenvalue weighted by molar-refractivity contribution is -0.385. The molecule has 0 amide bonds. The molecule has 1 aromatic rings. The van der Waals surface area contributed by atoms with E-state index in [1.165, 1.54) is 19.2 Å². The number of nitro benzene ring substituents is 1. The number of nitrogens with zero attached hydrogens (tertiary/aromatic N) is 1. The maximum atomic E-state index is 13.7. The van der Waals surface area contributed by atoms with E-state index >= 15 is 0 Å². The molecule has 1 aromatic carbocycles. The molecule has 0 radical (unpaired) electrons. The molecule has 0 bridgehead atoms. The van der Waals surface area contributed by atoms with Crippen LogP contribution >= 0.6 is 0 Å². The largest absolute Gasteiger partial charge is 0.468 e. The third kappa shape index (κ3) is 2.62. The number of halogens is 1. The Labute approximate surface area is 115 Å². The number of rotatable bonds is 5. The number of methoxy groups -OCH3 is 1. The molecule has 1 aliphatic rings. The van der Waals surface area contributed by atoms with Crippen molar-refractivity contribution >= 4 is 11.7 Å². The molecule has 0 unspecified atom stereocenters. The van der Waals surface area contributed by atoms with Crippen molar-refractivity contribution < 1.29 is 18.8 Å². The Kier molecular flexibility index (Phi) is 3.99. The Morgan fingerprint density at radius 1 is 1.55 bits per heavy atom. The first-order valence-electron chi connectivity index (χ1n) is 6.25. The van der Waals surface area contributed by atoms with E-state index in [1.807, 2.05) is 0 Å². The van der Waals surface area contributed by atoms with Crippen LogP contribution in [0.1, 0.15) is 24.8 Å². The zero-order valence-electron chi connectivity index (χ0n) is 11.0. The maximum Gasteiger partial charge on any atom is 0.326 e. The van der Waals surface area contributed by atoms with Crippen LogP contribution in [0.4, 0.5) is 10.1 Å². The monoisotopic (exact) mass is 282 g/mol. The molecular formula is C13H15FN2O4. The highest BCUT2D eigenvalue weighted by molar-refractivity contribution is 5.81. The molecule has 1 N–H and O–H groups in total. The lowest BCUT2D eigenvalue weighted by Crippen LogP contribution is -2.57. The van der Waals surface area contributed by atoms with Crippen LogP contribution in [0, 0.1) is 15.9 Å². The second-order valence-electron chi connectivity index (χ2n) is 4.81. The normalized spacial score (nSPS) is 16.3. The van der Waals surface area contributed by atoms with Crippen molar-refractivity contribution in [3.05, 3.63) is 39.7 Å². The van der Waals surface area contributed by atoms with Crippen LogP contribution in [0.15, 0.2) is 18.2 Å². The molecule has 0 aliphatic heterocycles. The minimum Gasteiger partial charge on any atom is -0.468 e. The molecule has 0 heterocycles. The Bertz CT molecular complexity index is 543. The highest BCUT2D eigenvalue weighted by Gasteiger charge is 2.44. The van der Waals surface area contributed by atoms with Gasteiger partial charge in [-0.3, -0.25) is 20.2 Å². The number of carbonyl (C=O) groups is 1. The molecule has 0 spiro atoms. The van der Waals surface area contributed by atoms with Crippen molar-refractivity contribution in [2.24, 2.45) is 0 Å². The van der Waals surface area contributed by atoms with E-state index in [1.54, 1.807) is 0 Å². The highest BCUT2D eigenvalue weighted by atomic mass is 19.1. The molecule has 1 fully saturated rings. The first kappa shape index (κ1) is 14.4. The molecule has 0 aromatic heterocycles. The van der Waals surface area contributed by atoms with Gasteiger partial charge in [0.2, 0.25) is 0 Å². The summed E-state index contributed by atoms with van der Waals surface area (Å²) in [5, 5.41) is 13.5. The first-order valence-corrected chi connectivity index (χ1v) is 6.25. The van der Waals surface area contributed by atoms with Crippen LogP contribution in [-0.4, -0.2) is 23.5 Å². The summed E-state index contributed by atoms with van der Waals surface area (Å²) in [5.74, 6) is -1.02. The molecule has 7 heteroatoms. The zero-order chi connectivity index (χ0) is 14.8. The van der Waals surface area contributed by atoms with Crippen molar-refractivity contribution in [1.29, 1.82) is 0 Å². The number of carbonyl (C=O) groups excluding carboxylic acids is 1. The van der Waals surface area contributed by atoms with Gasteiger partial charge in [0.25, 0.3) is 5.69 Å². The van der Waals surface area contributed by atoms with Crippen LogP contribution in [0.25, 0.3) is 0 Å². The van der Waals surface area contributed by atoms with E-state index in [0.29, 0.717) is 12.8 Å². The summed E-state index contributed by atoms with van der Waals surface area (Å²) < 4.78 is 18.5. The predicted molar refractivity (Wildman–Crippen MR) is 68.5 cm³/mol. The predicted octanol–water partition coefficient (Wildman–Crippen LogP) is 1.92. The summed E-state index contributed by atoms with van der Waals surface area (Å²) in [6.45, 7) is 0.124. The molecule has 108 valence electrons. The van der Waals surface area contributed by atoms with Gasteiger partial charge in [-0.2, -0.15) is 0 Å². The summed E-state index contributed by atoms with van der Waals surface area (Å²) >= 11 is 0. The third-order valence-corrected chi connectivity index (χ3v) is 3.65. The molecular weight excluding hydrogens is 267 g/mol. The van der Waals surface area contributed by atoms with Gasteiger partial charge in [-0.25, -0.2) is 4.39 Å². The molecule has 1 saturated carbocycles. The summed E-state index contributed by atoms with van der Waals surface area (Å²) in [4.78, 5) is 21.6. The van der Waals surface area contributed by atoms with Crippen molar-refractivity contribution in [2.45, 2.75) is 31.3 Å². The van der Waals surface area contributed by atoms with Gasteiger partial charge in [-0.05, 0) is 25.3 Å². The zero-order valence-corrected chi connectivity index (χ0v) is 11.0. The van der Waals surface area contributed by atoms with E-state index in [9.17, 15) is 19.3 Å². The second-order valence-corrected chi connectivity index (χ2v) is 4.81. The Balaban J connectivity index is 2.07. The number of hydrogen-bond donors (Lipinski definition) is 1. The standard InChI is InChI=1S/C13H15FN2O4/c1-20-12(17)13(5-2-6-13)15-8-9-3-4-10(16(18)19)7-11(9)14/h3-4,7,15H,2,5-6,8H2,1H3. The van der Waals surface area contributed by atoms with Crippen LogP contribution in [0.3, 0.4) is 0 Å². The van der Waals surface area contributed by atoms with E-state index < -0.39 is 16.3 Å². The minimum atomic E-state index is -0.747. The van der Waals surface area contributed by atoms with Crippen LogP contribution < -0.4 is 5.32 Å². The number of non-ortho nitro benzene ring substituents is 1. The topological polar surface area (TPSA) is 81.5 Å². The Morgan fingerprint density at radius 2 is 2.25 bits per heavy atom. The second kappa shape index (κ2) is 5.54. The summed E-state index contributed by atoms with van der Waals surface area (Å²) in [6, 6.07) is 3.47. The van der Waals surface area contributed by atoms with Crippen LogP contribution in [0.5, 0.6) is 0 Å². The van der Waals surface area contributed by atoms with Crippen molar-refractivity contribution in [2.75, 3.05) is 7.11 Å². The number of ether oxygens (including phenoxy) is 1. The van der Waals surface area contributed by atoms with Gasteiger partial charge in [0.15, 0.2) is 0 Å². The van der Waals surface area contributed by atoms with E-state index in [-0.39, 0.29) is 23.8 Å². The lowest BCUT2D eigenvalue weighted by atomic mass is 9.76. The van der Waals surface area contributed by atoms with Crippen molar-refractivity contribution in [3.63, 3.8) is 0 Å². The molecule has 6 nitrogen and oxygen atoms in total. The average Bonchev–Trinajstić information content (AvgIpc) is 2.38. The van der Waals surface area contributed by atoms with Crippen molar-refractivity contribution in [3.8, 4) is 0 Å².